The van der Waals surface area contributed by atoms with Crippen LogP contribution in [0.1, 0.15) is 43.6 Å². The van der Waals surface area contributed by atoms with Gasteiger partial charge in [-0.1, -0.05) is 5.10 Å². The van der Waals surface area contributed by atoms with Gasteiger partial charge in [0.1, 0.15) is 17.2 Å². The molecular formula is C26H33FN4O4. The minimum absolute atomic E-state index is 0.0920. The van der Waals surface area contributed by atoms with E-state index in [4.69, 9.17) is 18.6 Å². The van der Waals surface area contributed by atoms with E-state index in [-0.39, 0.29) is 11.4 Å². The van der Waals surface area contributed by atoms with E-state index in [1.165, 1.54) is 25.3 Å². The van der Waals surface area contributed by atoms with E-state index in [9.17, 15) is 4.39 Å². The highest BCUT2D eigenvalue weighted by atomic mass is 19.1. The Balaban J connectivity index is 0.927. The molecule has 1 saturated carbocycles. The number of hydrogen-bond donors (Lipinski definition) is 0. The maximum Gasteiger partial charge on any atom is 0.318 e. The first-order valence-corrected chi connectivity index (χ1v) is 13.0. The van der Waals surface area contributed by atoms with Crippen LogP contribution in [0, 0.1) is 17.2 Å². The molecule has 0 bridgehead atoms. The topological polar surface area (TPSA) is 73.1 Å². The van der Waals surface area contributed by atoms with Crippen molar-refractivity contribution in [1.82, 2.24) is 15.1 Å². The van der Waals surface area contributed by atoms with Crippen molar-refractivity contribution >= 4 is 6.01 Å². The van der Waals surface area contributed by atoms with Crippen molar-refractivity contribution in [3.63, 3.8) is 0 Å². The molecule has 4 aliphatic heterocycles. The van der Waals surface area contributed by atoms with E-state index in [2.05, 4.69) is 20.0 Å². The molecule has 2 spiro atoms. The van der Waals surface area contributed by atoms with Crippen LogP contribution in [0.3, 0.4) is 0 Å². The molecule has 0 radical (unpaired) electrons. The van der Waals surface area contributed by atoms with Crippen LogP contribution in [0.5, 0.6) is 5.75 Å². The number of rotatable bonds is 6. The van der Waals surface area contributed by atoms with Gasteiger partial charge >= 0.3 is 6.01 Å². The molecule has 1 aromatic heterocycles. The Kier molecular flexibility index (Phi) is 5.29. The summed E-state index contributed by atoms with van der Waals surface area (Å²) in [5.41, 5.74) is 1.39. The second-order valence-corrected chi connectivity index (χ2v) is 11.5. The van der Waals surface area contributed by atoms with Crippen LogP contribution in [-0.2, 0) is 9.47 Å². The molecular weight excluding hydrogens is 451 g/mol. The Labute approximate surface area is 204 Å². The van der Waals surface area contributed by atoms with Crippen LogP contribution < -0.4 is 9.64 Å². The summed E-state index contributed by atoms with van der Waals surface area (Å²) in [6.45, 7) is 6.93. The third-order valence-electron chi connectivity index (χ3n) is 8.96. The van der Waals surface area contributed by atoms with Gasteiger partial charge in [0.05, 0.1) is 39.5 Å². The minimum atomic E-state index is -0.175. The number of piperidine rings is 1. The van der Waals surface area contributed by atoms with E-state index >= 15 is 0 Å². The molecule has 5 aliphatic rings. The quantitative estimate of drug-likeness (QED) is 0.619. The van der Waals surface area contributed by atoms with Crippen molar-refractivity contribution in [2.45, 2.75) is 49.7 Å². The molecule has 188 valence electrons. The molecule has 1 aromatic carbocycles. The number of aromatic nitrogens is 2. The van der Waals surface area contributed by atoms with Gasteiger partial charge in [0.2, 0.25) is 6.39 Å². The normalized spacial score (nSPS) is 28.1. The number of benzene rings is 1. The molecule has 8 nitrogen and oxygen atoms in total. The lowest BCUT2D eigenvalue weighted by Gasteiger charge is -2.53. The van der Waals surface area contributed by atoms with Gasteiger partial charge in [-0.15, -0.1) is 5.10 Å². The lowest BCUT2D eigenvalue weighted by atomic mass is 9.61. The van der Waals surface area contributed by atoms with E-state index in [0.29, 0.717) is 29.3 Å². The third-order valence-corrected chi connectivity index (χ3v) is 8.96. The van der Waals surface area contributed by atoms with Crippen LogP contribution in [0.15, 0.2) is 29.0 Å². The summed E-state index contributed by atoms with van der Waals surface area (Å²) in [5.74, 6) is 1.62. The molecule has 2 aromatic rings. The average Bonchev–Trinajstić information content (AvgIpc) is 3.47. The summed E-state index contributed by atoms with van der Waals surface area (Å²) in [6, 6.07) is 6.07. The average molecular weight is 485 g/mol. The smallest absolute Gasteiger partial charge is 0.318 e. The number of ether oxygens (including phenoxy) is 3. The monoisotopic (exact) mass is 484 g/mol. The van der Waals surface area contributed by atoms with Crippen LogP contribution in [-0.4, -0.2) is 79.3 Å². The van der Waals surface area contributed by atoms with Crippen LogP contribution in [0.4, 0.5) is 10.4 Å². The zero-order valence-corrected chi connectivity index (χ0v) is 20.0. The van der Waals surface area contributed by atoms with Gasteiger partial charge < -0.3 is 23.5 Å². The minimum Gasteiger partial charge on any atom is -0.493 e. The first-order valence-electron chi connectivity index (χ1n) is 13.0. The van der Waals surface area contributed by atoms with Crippen molar-refractivity contribution in [2.75, 3.05) is 57.5 Å². The van der Waals surface area contributed by atoms with Crippen LogP contribution in [0.2, 0.25) is 0 Å². The number of hydrogen-bond acceptors (Lipinski definition) is 8. The van der Waals surface area contributed by atoms with Gasteiger partial charge in [0.15, 0.2) is 0 Å². The van der Waals surface area contributed by atoms with Crippen molar-refractivity contribution in [3.05, 3.63) is 36.0 Å². The molecule has 0 amide bonds. The SMILES string of the molecule is Fc1ccc(OCC2CC3(COC3)C2)c(C2CCN([C@@H]3COC4(C3)CN(c3nnco3)C4)CC2)c1. The maximum absolute atomic E-state index is 14.2. The van der Waals surface area contributed by atoms with Gasteiger partial charge in [0, 0.05) is 17.0 Å². The lowest BCUT2D eigenvalue weighted by molar-refractivity contribution is -0.183. The molecule has 5 fully saturated rings. The fourth-order valence-electron chi connectivity index (χ4n) is 7.03. The van der Waals surface area contributed by atoms with E-state index < -0.39 is 0 Å². The zero-order valence-electron chi connectivity index (χ0n) is 20.0. The van der Waals surface area contributed by atoms with E-state index in [1.807, 2.05) is 6.07 Å². The van der Waals surface area contributed by atoms with Crippen LogP contribution >= 0.6 is 0 Å². The van der Waals surface area contributed by atoms with Gasteiger partial charge in [0.25, 0.3) is 0 Å². The molecule has 5 heterocycles. The Bertz CT molecular complexity index is 1040. The van der Waals surface area contributed by atoms with Gasteiger partial charge in [-0.2, -0.15) is 0 Å². The van der Waals surface area contributed by atoms with Gasteiger partial charge in [-0.25, -0.2) is 4.39 Å². The summed E-state index contributed by atoms with van der Waals surface area (Å²) in [6.07, 6.45) is 6.82. The molecule has 0 unspecified atom stereocenters. The third kappa shape index (κ3) is 4.01. The molecule has 0 N–H and O–H groups in total. The van der Waals surface area contributed by atoms with E-state index in [1.54, 1.807) is 6.07 Å². The first-order chi connectivity index (χ1) is 17.1. The van der Waals surface area contributed by atoms with Crippen molar-refractivity contribution in [3.8, 4) is 5.75 Å². The highest BCUT2D eigenvalue weighted by Crippen LogP contribution is 2.51. The van der Waals surface area contributed by atoms with Gasteiger partial charge in [-0.05, 0) is 75.2 Å². The summed E-state index contributed by atoms with van der Waals surface area (Å²) in [7, 11) is 0. The predicted molar refractivity (Wildman–Crippen MR) is 125 cm³/mol. The fraction of sp³-hybridized carbons (Fsp3) is 0.692. The maximum atomic E-state index is 14.2. The largest absolute Gasteiger partial charge is 0.493 e. The number of halogens is 1. The van der Waals surface area contributed by atoms with Crippen LogP contribution in [0.25, 0.3) is 0 Å². The second kappa shape index (κ2) is 8.42. The summed E-state index contributed by atoms with van der Waals surface area (Å²) < 4.78 is 37.4. The number of nitrogens with zero attached hydrogens (tertiary/aromatic N) is 4. The highest BCUT2D eigenvalue weighted by molar-refractivity contribution is 5.38. The Morgan fingerprint density at radius 3 is 2.66 bits per heavy atom. The zero-order chi connectivity index (χ0) is 23.5. The molecule has 1 aliphatic carbocycles. The Morgan fingerprint density at radius 2 is 1.94 bits per heavy atom. The lowest BCUT2D eigenvalue weighted by Crippen LogP contribution is -2.62. The highest BCUT2D eigenvalue weighted by Gasteiger charge is 2.52. The number of likely N-dealkylation sites (tertiary alicyclic amines) is 1. The van der Waals surface area contributed by atoms with Crippen molar-refractivity contribution in [1.29, 1.82) is 0 Å². The Morgan fingerprint density at radius 1 is 1.11 bits per heavy atom. The summed E-state index contributed by atoms with van der Waals surface area (Å²) >= 11 is 0. The molecule has 9 heteroatoms. The molecule has 35 heavy (non-hydrogen) atoms. The summed E-state index contributed by atoms with van der Waals surface area (Å²) in [5, 5.41) is 7.76. The molecule has 4 saturated heterocycles. The first kappa shape index (κ1) is 22.0. The standard InChI is InChI=1S/C26H33FN4O4/c27-20-1-2-23(33-11-18-8-25(9-18)15-32-16-25)22(7-20)19-3-5-30(6-4-19)21-10-26(35-12-21)13-31(14-26)24-29-28-17-34-24/h1-2,7,17-19,21H,3-6,8-16H2/t21-/m0/s1. The Hall–Kier alpha value is -2.23. The predicted octanol–water partition coefficient (Wildman–Crippen LogP) is 3.24. The second-order valence-electron chi connectivity index (χ2n) is 11.5. The molecule has 1 atom stereocenters. The summed E-state index contributed by atoms with van der Waals surface area (Å²) in [4.78, 5) is 4.64. The van der Waals surface area contributed by atoms with E-state index in [0.717, 1.165) is 83.2 Å². The molecule has 7 rings (SSSR count). The number of anilines is 1. The van der Waals surface area contributed by atoms with Gasteiger partial charge in [-0.3, -0.25) is 4.90 Å². The fourth-order valence-corrected chi connectivity index (χ4v) is 7.03. The van der Waals surface area contributed by atoms with Crippen molar-refractivity contribution in [2.24, 2.45) is 11.3 Å². The van der Waals surface area contributed by atoms with Crippen molar-refractivity contribution < 1.29 is 23.0 Å².